The van der Waals surface area contributed by atoms with Crippen LogP contribution in [-0.2, 0) is 4.79 Å². The van der Waals surface area contributed by atoms with Crippen molar-refractivity contribution in [1.82, 2.24) is 15.5 Å². The molecular formula is C13H25N3O. The molecule has 0 radical (unpaired) electrons. The average molecular weight is 239 g/mol. The lowest BCUT2D eigenvalue weighted by Gasteiger charge is -2.47. The normalized spacial score (nSPS) is 26.9. The van der Waals surface area contributed by atoms with Crippen LogP contribution in [0.15, 0.2) is 0 Å². The van der Waals surface area contributed by atoms with E-state index in [1.54, 1.807) is 0 Å². The zero-order chi connectivity index (χ0) is 12.3. The molecule has 17 heavy (non-hydrogen) atoms. The number of amides is 1. The topological polar surface area (TPSA) is 44.4 Å². The predicted molar refractivity (Wildman–Crippen MR) is 68.9 cm³/mol. The zero-order valence-corrected chi connectivity index (χ0v) is 11.1. The highest BCUT2D eigenvalue weighted by atomic mass is 16.1. The summed E-state index contributed by atoms with van der Waals surface area (Å²) in [7, 11) is 4.23. The standard InChI is InChI=1S/C13H25N3O/c1-16(2)13(5-3-6-13)10-15-12(17)8-11-4-7-14-9-11/h11,14H,3-10H2,1-2H3,(H,15,17). The highest BCUT2D eigenvalue weighted by Gasteiger charge is 2.39. The third-order valence-corrected chi connectivity index (χ3v) is 4.48. The summed E-state index contributed by atoms with van der Waals surface area (Å²) in [6.07, 6.45) is 5.56. The Kier molecular flexibility index (Phi) is 4.05. The van der Waals surface area contributed by atoms with Crippen molar-refractivity contribution in [3.63, 3.8) is 0 Å². The lowest BCUT2D eigenvalue weighted by atomic mass is 9.75. The van der Waals surface area contributed by atoms with Gasteiger partial charge in [-0.25, -0.2) is 0 Å². The molecule has 2 aliphatic rings. The first-order chi connectivity index (χ1) is 8.12. The Morgan fingerprint density at radius 2 is 2.24 bits per heavy atom. The maximum absolute atomic E-state index is 11.9. The Balaban J connectivity index is 1.71. The van der Waals surface area contributed by atoms with Crippen molar-refractivity contribution < 1.29 is 4.79 Å². The summed E-state index contributed by atoms with van der Waals surface area (Å²) in [5, 5.41) is 6.43. The number of rotatable bonds is 5. The molecular weight excluding hydrogens is 214 g/mol. The van der Waals surface area contributed by atoms with Crippen LogP contribution in [-0.4, -0.2) is 50.1 Å². The van der Waals surface area contributed by atoms with Crippen LogP contribution in [0.1, 0.15) is 32.1 Å². The lowest BCUT2D eigenvalue weighted by molar-refractivity contribution is -0.122. The molecule has 1 saturated heterocycles. The fraction of sp³-hybridized carbons (Fsp3) is 0.923. The first kappa shape index (κ1) is 12.8. The van der Waals surface area contributed by atoms with Crippen LogP contribution < -0.4 is 10.6 Å². The summed E-state index contributed by atoms with van der Waals surface area (Å²) in [6.45, 7) is 2.89. The zero-order valence-electron chi connectivity index (χ0n) is 11.1. The molecule has 1 saturated carbocycles. The van der Waals surface area contributed by atoms with Gasteiger partial charge in [-0.15, -0.1) is 0 Å². The summed E-state index contributed by atoms with van der Waals surface area (Å²) in [5.41, 5.74) is 0.240. The van der Waals surface area contributed by atoms with Crippen molar-refractivity contribution in [2.75, 3.05) is 33.7 Å². The van der Waals surface area contributed by atoms with Gasteiger partial charge >= 0.3 is 0 Å². The second-order valence-electron chi connectivity index (χ2n) is 5.81. The molecule has 1 unspecified atom stereocenters. The number of carbonyl (C=O) groups is 1. The third kappa shape index (κ3) is 2.99. The van der Waals surface area contributed by atoms with Gasteiger partial charge in [-0.3, -0.25) is 4.79 Å². The van der Waals surface area contributed by atoms with E-state index >= 15 is 0 Å². The monoisotopic (exact) mass is 239 g/mol. The maximum atomic E-state index is 11.9. The second kappa shape index (κ2) is 5.36. The molecule has 0 bridgehead atoms. The Hall–Kier alpha value is -0.610. The van der Waals surface area contributed by atoms with E-state index in [1.165, 1.54) is 19.3 Å². The molecule has 0 aromatic heterocycles. The largest absolute Gasteiger partial charge is 0.354 e. The lowest BCUT2D eigenvalue weighted by Crippen LogP contribution is -2.57. The summed E-state index contributed by atoms with van der Waals surface area (Å²) >= 11 is 0. The predicted octanol–water partition coefficient (Wildman–Crippen LogP) is 0.586. The van der Waals surface area contributed by atoms with E-state index in [2.05, 4.69) is 29.6 Å². The fourth-order valence-corrected chi connectivity index (χ4v) is 2.85. The molecule has 1 aliphatic carbocycles. The summed E-state index contributed by atoms with van der Waals surface area (Å²) < 4.78 is 0. The summed E-state index contributed by atoms with van der Waals surface area (Å²) in [5.74, 6) is 0.776. The van der Waals surface area contributed by atoms with Crippen LogP contribution in [0.5, 0.6) is 0 Å². The van der Waals surface area contributed by atoms with Gasteiger partial charge in [0.1, 0.15) is 0 Å². The van der Waals surface area contributed by atoms with Gasteiger partial charge in [0.05, 0.1) is 0 Å². The molecule has 1 aliphatic heterocycles. The number of nitrogens with zero attached hydrogens (tertiary/aromatic N) is 1. The molecule has 1 amide bonds. The fourth-order valence-electron chi connectivity index (χ4n) is 2.85. The van der Waals surface area contributed by atoms with E-state index in [9.17, 15) is 4.79 Å². The van der Waals surface area contributed by atoms with E-state index in [0.717, 1.165) is 26.1 Å². The molecule has 1 atom stereocenters. The third-order valence-electron chi connectivity index (χ3n) is 4.48. The number of hydrogen-bond donors (Lipinski definition) is 2. The van der Waals surface area contributed by atoms with Crippen LogP contribution in [0.25, 0.3) is 0 Å². The van der Waals surface area contributed by atoms with Gasteiger partial charge in [-0.2, -0.15) is 0 Å². The average Bonchev–Trinajstić information content (AvgIpc) is 2.68. The Morgan fingerprint density at radius 1 is 1.47 bits per heavy atom. The van der Waals surface area contributed by atoms with Crippen molar-refractivity contribution in [3.8, 4) is 0 Å². The quantitative estimate of drug-likeness (QED) is 0.738. The van der Waals surface area contributed by atoms with Crippen LogP contribution in [0.3, 0.4) is 0 Å². The number of nitrogens with one attached hydrogen (secondary N) is 2. The molecule has 98 valence electrons. The molecule has 2 fully saturated rings. The molecule has 4 heteroatoms. The van der Waals surface area contributed by atoms with Gasteiger partial charge in [-0.05, 0) is 58.8 Å². The molecule has 4 nitrogen and oxygen atoms in total. The van der Waals surface area contributed by atoms with E-state index in [-0.39, 0.29) is 11.4 Å². The van der Waals surface area contributed by atoms with Gasteiger partial charge in [0.15, 0.2) is 0 Å². The Labute approximate surface area is 104 Å². The van der Waals surface area contributed by atoms with Gasteiger partial charge < -0.3 is 15.5 Å². The highest BCUT2D eigenvalue weighted by Crippen LogP contribution is 2.35. The van der Waals surface area contributed by atoms with Crippen LogP contribution in [0.2, 0.25) is 0 Å². The maximum Gasteiger partial charge on any atom is 0.220 e. The van der Waals surface area contributed by atoms with Crippen LogP contribution in [0.4, 0.5) is 0 Å². The van der Waals surface area contributed by atoms with Crippen LogP contribution >= 0.6 is 0 Å². The molecule has 2 rings (SSSR count). The van der Waals surface area contributed by atoms with Crippen molar-refractivity contribution in [2.24, 2.45) is 5.92 Å². The van der Waals surface area contributed by atoms with Gasteiger partial charge in [-0.1, -0.05) is 0 Å². The highest BCUT2D eigenvalue weighted by molar-refractivity contribution is 5.76. The van der Waals surface area contributed by atoms with Crippen LogP contribution in [0, 0.1) is 5.92 Å². The molecule has 1 heterocycles. The van der Waals surface area contributed by atoms with E-state index in [0.29, 0.717) is 12.3 Å². The van der Waals surface area contributed by atoms with Gasteiger partial charge in [0, 0.05) is 18.5 Å². The second-order valence-corrected chi connectivity index (χ2v) is 5.81. The smallest absolute Gasteiger partial charge is 0.220 e. The van der Waals surface area contributed by atoms with Crippen molar-refractivity contribution in [2.45, 2.75) is 37.6 Å². The van der Waals surface area contributed by atoms with E-state index in [1.807, 2.05) is 0 Å². The van der Waals surface area contributed by atoms with Crippen molar-refractivity contribution >= 4 is 5.91 Å². The Bertz CT molecular complexity index is 268. The minimum atomic E-state index is 0.229. The van der Waals surface area contributed by atoms with Crippen molar-refractivity contribution in [3.05, 3.63) is 0 Å². The number of likely N-dealkylation sites (N-methyl/N-ethyl adjacent to an activating group) is 1. The molecule has 0 aromatic carbocycles. The van der Waals surface area contributed by atoms with Crippen molar-refractivity contribution in [1.29, 1.82) is 0 Å². The number of hydrogen-bond acceptors (Lipinski definition) is 3. The van der Waals surface area contributed by atoms with E-state index < -0.39 is 0 Å². The summed E-state index contributed by atoms with van der Waals surface area (Å²) in [4.78, 5) is 14.1. The first-order valence-electron chi connectivity index (χ1n) is 6.77. The van der Waals surface area contributed by atoms with E-state index in [4.69, 9.17) is 0 Å². The van der Waals surface area contributed by atoms with Gasteiger partial charge in [0.2, 0.25) is 5.91 Å². The Morgan fingerprint density at radius 3 is 2.71 bits per heavy atom. The van der Waals surface area contributed by atoms with Gasteiger partial charge in [0.25, 0.3) is 0 Å². The molecule has 0 aromatic rings. The SMILES string of the molecule is CN(C)C1(CNC(=O)CC2CCNC2)CCC1. The molecule has 2 N–H and O–H groups in total. The summed E-state index contributed by atoms with van der Waals surface area (Å²) in [6, 6.07) is 0. The molecule has 0 spiro atoms. The minimum Gasteiger partial charge on any atom is -0.354 e. The first-order valence-corrected chi connectivity index (χ1v) is 6.77. The number of carbonyl (C=O) groups excluding carboxylic acids is 1. The minimum absolute atomic E-state index is 0.229.